The van der Waals surface area contributed by atoms with Crippen LogP contribution in [-0.4, -0.2) is 11.6 Å². The first kappa shape index (κ1) is 11.5. The molecule has 0 aliphatic carbocycles. The summed E-state index contributed by atoms with van der Waals surface area (Å²) in [4.78, 5) is 10.9. The zero-order valence-electron chi connectivity index (χ0n) is 9.77. The second kappa shape index (κ2) is 4.09. The third kappa shape index (κ3) is 2.23. The van der Waals surface area contributed by atoms with Crippen LogP contribution in [0.25, 0.3) is 10.8 Å². The molecule has 0 saturated heterocycles. The first-order chi connectivity index (χ1) is 8.00. The summed E-state index contributed by atoms with van der Waals surface area (Å²) in [6, 6.07) is 13.2. The van der Waals surface area contributed by atoms with Crippen molar-refractivity contribution in [1.82, 2.24) is 0 Å². The predicted molar refractivity (Wildman–Crippen MR) is 63.7 cm³/mol. The number of hydrogen-bond donors (Lipinski definition) is 0. The molecule has 0 amide bonds. The highest BCUT2D eigenvalue weighted by atomic mass is 16.5. The Morgan fingerprint density at radius 3 is 2.47 bits per heavy atom. The van der Waals surface area contributed by atoms with E-state index in [1.807, 2.05) is 36.4 Å². The molecular formula is C14H13O3-. The van der Waals surface area contributed by atoms with Gasteiger partial charge in [-0.25, -0.2) is 0 Å². The van der Waals surface area contributed by atoms with Crippen molar-refractivity contribution in [3.63, 3.8) is 0 Å². The molecule has 0 bridgehead atoms. The highest BCUT2D eigenvalue weighted by Gasteiger charge is 2.22. The van der Waals surface area contributed by atoms with Crippen LogP contribution in [0.2, 0.25) is 0 Å². The molecule has 0 radical (unpaired) electrons. The van der Waals surface area contributed by atoms with Gasteiger partial charge in [-0.2, -0.15) is 0 Å². The average molecular weight is 229 g/mol. The molecule has 88 valence electrons. The van der Waals surface area contributed by atoms with Gasteiger partial charge < -0.3 is 14.6 Å². The molecule has 2 aromatic rings. The molecule has 0 aromatic heterocycles. The fourth-order valence-electron chi connectivity index (χ4n) is 1.60. The topological polar surface area (TPSA) is 49.4 Å². The number of aliphatic carboxylic acids is 1. The zero-order valence-corrected chi connectivity index (χ0v) is 9.77. The minimum atomic E-state index is -1.34. The molecule has 3 heteroatoms. The minimum absolute atomic E-state index is 0.553. The number of carbonyl (C=O) groups excluding carboxylic acids is 1. The molecule has 0 aliphatic rings. The van der Waals surface area contributed by atoms with Crippen LogP contribution in [0.5, 0.6) is 5.75 Å². The number of carboxylic acids is 1. The Morgan fingerprint density at radius 2 is 1.76 bits per heavy atom. The first-order valence-corrected chi connectivity index (χ1v) is 5.39. The standard InChI is InChI=1S/C14H14O3/c1-14(2,13(15)16)17-12-9-5-7-10-6-3-4-8-11(10)12/h3-9H,1-2H3,(H,15,16)/p-1. The monoisotopic (exact) mass is 229 g/mol. The number of benzene rings is 2. The normalized spacial score (nSPS) is 11.4. The van der Waals surface area contributed by atoms with Gasteiger partial charge in [-0.3, -0.25) is 0 Å². The summed E-state index contributed by atoms with van der Waals surface area (Å²) in [5, 5.41) is 12.8. The van der Waals surface area contributed by atoms with Gasteiger partial charge in [0.25, 0.3) is 0 Å². The van der Waals surface area contributed by atoms with E-state index in [-0.39, 0.29) is 0 Å². The lowest BCUT2D eigenvalue weighted by atomic mass is 10.1. The molecule has 0 aliphatic heterocycles. The van der Waals surface area contributed by atoms with Crippen LogP contribution in [-0.2, 0) is 4.79 Å². The van der Waals surface area contributed by atoms with Gasteiger partial charge in [0.1, 0.15) is 11.4 Å². The van der Waals surface area contributed by atoms with Gasteiger partial charge in [0, 0.05) is 5.39 Å². The average Bonchev–Trinajstić information content (AvgIpc) is 2.29. The molecule has 3 nitrogen and oxygen atoms in total. The van der Waals surface area contributed by atoms with Gasteiger partial charge in [-0.05, 0) is 25.3 Å². The third-order valence-corrected chi connectivity index (χ3v) is 2.61. The molecule has 0 spiro atoms. The van der Waals surface area contributed by atoms with E-state index >= 15 is 0 Å². The van der Waals surface area contributed by atoms with E-state index in [9.17, 15) is 9.90 Å². The van der Waals surface area contributed by atoms with E-state index < -0.39 is 11.6 Å². The molecule has 0 heterocycles. The molecule has 2 aromatic carbocycles. The maximum Gasteiger partial charge on any atom is 0.143 e. The smallest absolute Gasteiger partial charge is 0.143 e. The molecule has 2 rings (SSSR count). The van der Waals surface area contributed by atoms with Crippen LogP contribution in [0.15, 0.2) is 42.5 Å². The molecule has 0 fully saturated rings. The second-order valence-electron chi connectivity index (χ2n) is 4.38. The Bertz CT molecular complexity index is 553. The summed E-state index contributed by atoms with van der Waals surface area (Å²) in [7, 11) is 0. The quantitative estimate of drug-likeness (QED) is 0.805. The molecule has 0 N–H and O–H groups in total. The Morgan fingerprint density at radius 1 is 1.12 bits per heavy atom. The van der Waals surface area contributed by atoms with Gasteiger partial charge in [-0.15, -0.1) is 0 Å². The summed E-state index contributed by atoms with van der Waals surface area (Å²) >= 11 is 0. The zero-order chi connectivity index (χ0) is 12.5. The van der Waals surface area contributed by atoms with Gasteiger partial charge >= 0.3 is 0 Å². The van der Waals surface area contributed by atoms with E-state index in [0.29, 0.717) is 5.75 Å². The SMILES string of the molecule is CC(C)(Oc1cccc2ccccc12)C(=O)[O-]. The van der Waals surface area contributed by atoms with Gasteiger partial charge in [0.2, 0.25) is 0 Å². The summed E-state index contributed by atoms with van der Waals surface area (Å²) in [6.07, 6.45) is 0. The van der Waals surface area contributed by atoms with Crippen LogP contribution in [0.3, 0.4) is 0 Å². The summed E-state index contributed by atoms with van der Waals surface area (Å²) in [5.41, 5.74) is -1.34. The summed E-state index contributed by atoms with van der Waals surface area (Å²) < 4.78 is 5.51. The van der Waals surface area contributed by atoms with Crippen LogP contribution >= 0.6 is 0 Å². The number of carboxylic acid groups (broad SMARTS) is 1. The van der Waals surface area contributed by atoms with Crippen LogP contribution in [0, 0.1) is 0 Å². The maximum atomic E-state index is 10.9. The lowest BCUT2D eigenvalue weighted by Gasteiger charge is -2.27. The van der Waals surface area contributed by atoms with E-state index in [2.05, 4.69) is 0 Å². The number of fused-ring (bicyclic) bond motifs is 1. The van der Waals surface area contributed by atoms with Crippen molar-refractivity contribution in [3.05, 3.63) is 42.5 Å². The van der Waals surface area contributed by atoms with Gasteiger partial charge in [0.05, 0.1) is 5.97 Å². The fraction of sp³-hybridized carbons (Fsp3) is 0.214. The van der Waals surface area contributed by atoms with Crippen molar-refractivity contribution in [1.29, 1.82) is 0 Å². The van der Waals surface area contributed by atoms with Gasteiger partial charge in [0.15, 0.2) is 0 Å². The van der Waals surface area contributed by atoms with Crippen molar-refractivity contribution < 1.29 is 14.6 Å². The predicted octanol–water partition coefficient (Wildman–Crippen LogP) is 1.75. The van der Waals surface area contributed by atoms with E-state index in [4.69, 9.17) is 4.74 Å². The minimum Gasteiger partial charge on any atom is -0.546 e. The van der Waals surface area contributed by atoms with Crippen molar-refractivity contribution in [2.75, 3.05) is 0 Å². The lowest BCUT2D eigenvalue weighted by Crippen LogP contribution is -2.47. The Kier molecular flexibility index (Phi) is 2.76. The van der Waals surface area contributed by atoms with E-state index in [1.54, 1.807) is 6.07 Å². The largest absolute Gasteiger partial charge is 0.546 e. The number of rotatable bonds is 3. The molecule has 17 heavy (non-hydrogen) atoms. The first-order valence-electron chi connectivity index (χ1n) is 5.39. The fourth-order valence-corrected chi connectivity index (χ4v) is 1.60. The van der Waals surface area contributed by atoms with Crippen molar-refractivity contribution in [2.24, 2.45) is 0 Å². The molecule has 0 unspecified atom stereocenters. The highest BCUT2D eigenvalue weighted by molar-refractivity contribution is 5.88. The van der Waals surface area contributed by atoms with Crippen LogP contribution in [0.4, 0.5) is 0 Å². The Balaban J connectivity index is 2.46. The van der Waals surface area contributed by atoms with Gasteiger partial charge in [-0.1, -0.05) is 36.4 Å². The highest BCUT2D eigenvalue weighted by Crippen LogP contribution is 2.28. The van der Waals surface area contributed by atoms with Crippen LogP contribution < -0.4 is 9.84 Å². The maximum absolute atomic E-state index is 10.9. The molecular weight excluding hydrogens is 216 g/mol. The number of carbonyl (C=O) groups is 1. The van der Waals surface area contributed by atoms with E-state index in [1.165, 1.54) is 13.8 Å². The Labute approximate surface area is 99.6 Å². The lowest BCUT2D eigenvalue weighted by molar-refractivity contribution is -0.320. The van der Waals surface area contributed by atoms with Crippen molar-refractivity contribution in [3.8, 4) is 5.75 Å². The number of ether oxygens (including phenoxy) is 1. The summed E-state index contributed by atoms with van der Waals surface area (Å²) in [6.45, 7) is 2.95. The van der Waals surface area contributed by atoms with E-state index in [0.717, 1.165) is 10.8 Å². The second-order valence-corrected chi connectivity index (χ2v) is 4.38. The molecule has 0 saturated carbocycles. The Hall–Kier alpha value is -2.03. The van der Waals surface area contributed by atoms with Crippen molar-refractivity contribution in [2.45, 2.75) is 19.4 Å². The molecule has 0 atom stereocenters. The summed E-state index contributed by atoms with van der Waals surface area (Å²) in [5.74, 6) is -0.678. The van der Waals surface area contributed by atoms with Crippen molar-refractivity contribution >= 4 is 16.7 Å². The third-order valence-electron chi connectivity index (χ3n) is 2.61. The number of hydrogen-bond acceptors (Lipinski definition) is 3. The van der Waals surface area contributed by atoms with Crippen LogP contribution in [0.1, 0.15) is 13.8 Å².